The van der Waals surface area contributed by atoms with Gasteiger partial charge in [-0.2, -0.15) is 0 Å². The number of hydrogen-bond donors (Lipinski definition) is 0. The van der Waals surface area contributed by atoms with Crippen molar-refractivity contribution in [3.63, 3.8) is 0 Å². The molecule has 108 valence electrons. The Morgan fingerprint density at radius 1 is 0.905 bits per heavy atom. The lowest BCUT2D eigenvalue weighted by Crippen LogP contribution is -1.95. The summed E-state index contributed by atoms with van der Waals surface area (Å²) in [7, 11) is 3.32. The number of rotatable bonds is 5. The van der Waals surface area contributed by atoms with E-state index in [2.05, 4.69) is 24.8 Å². The second-order valence-electron chi connectivity index (χ2n) is 4.82. The van der Waals surface area contributed by atoms with Crippen molar-refractivity contribution in [2.45, 2.75) is 6.92 Å². The molecular weight excluding hydrogens is 260 g/mol. The van der Waals surface area contributed by atoms with Crippen LogP contribution in [-0.2, 0) is 0 Å². The van der Waals surface area contributed by atoms with Crippen LogP contribution in [0, 0.1) is 0 Å². The molecule has 0 unspecified atom stereocenters. The van der Waals surface area contributed by atoms with Gasteiger partial charge in [-0.15, -0.1) is 0 Å². The van der Waals surface area contributed by atoms with Gasteiger partial charge in [-0.3, -0.25) is 0 Å². The van der Waals surface area contributed by atoms with Gasteiger partial charge >= 0.3 is 0 Å². The van der Waals surface area contributed by atoms with Gasteiger partial charge in [0.25, 0.3) is 0 Å². The maximum atomic E-state index is 5.47. The third-order valence-corrected chi connectivity index (χ3v) is 3.22. The Labute approximate surface area is 126 Å². The molecule has 2 aromatic rings. The lowest BCUT2D eigenvalue weighted by atomic mass is 10.0. The molecule has 0 heterocycles. The third kappa shape index (κ3) is 3.54. The van der Waals surface area contributed by atoms with E-state index < -0.39 is 0 Å². The van der Waals surface area contributed by atoms with Gasteiger partial charge in [0.15, 0.2) is 0 Å². The molecule has 0 N–H and O–H groups in total. The summed E-state index contributed by atoms with van der Waals surface area (Å²) in [6, 6.07) is 14.2. The molecule has 0 fully saturated rings. The van der Waals surface area contributed by atoms with E-state index >= 15 is 0 Å². The highest BCUT2D eigenvalue weighted by Gasteiger charge is 2.12. The zero-order chi connectivity index (χ0) is 15.2. The zero-order valence-corrected chi connectivity index (χ0v) is 12.7. The Morgan fingerprint density at radius 2 is 1.43 bits per heavy atom. The van der Waals surface area contributed by atoms with E-state index in [0.717, 1.165) is 33.8 Å². The summed E-state index contributed by atoms with van der Waals surface area (Å²) >= 11 is 0. The van der Waals surface area contributed by atoms with Crippen molar-refractivity contribution < 1.29 is 9.47 Å². The van der Waals surface area contributed by atoms with E-state index in [1.54, 1.807) is 14.2 Å². The molecule has 2 rings (SSSR count). The Hall–Kier alpha value is -2.48. The first-order valence-corrected chi connectivity index (χ1v) is 6.80. The molecule has 21 heavy (non-hydrogen) atoms. The molecule has 0 radical (unpaired) electrons. The summed E-state index contributed by atoms with van der Waals surface area (Å²) in [4.78, 5) is 0. The molecule has 2 aromatic carbocycles. The quantitative estimate of drug-likeness (QED) is 0.725. The van der Waals surface area contributed by atoms with Crippen LogP contribution in [0.2, 0.25) is 0 Å². The summed E-state index contributed by atoms with van der Waals surface area (Å²) in [6.07, 6.45) is 4.11. The van der Waals surface area contributed by atoms with Crippen LogP contribution in [0.15, 0.2) is 49.0 Å². The molecule has 0 atom stereocenters. The van der Waals surface area contributed by atoms with Gasteiger partial charge in [-0.05, 0) is 35.8 Å². The molecule has 0 saturated heterocycles. The summed E-state index contributed by atoms with van der Waals surface area (Å²) in [5.74, 6) is 1.55. The number of hydrogen-bond acceptors (Lipinski definition) is 2. The fourth-order valence-corrected chi connectivity index (χ4v) is 2.21. The number of allylic oxidation sites excluding steroid dienone is 1. The molecule has 0 aliphatic carbocycles. The number of benzene rings is 2. The van der Waals surface area contributed by atoms with Crippen LogP contribution in [0.3, 0.4) is 0 Å². The predicted molar refractivity (Wildman–Crippen MR) is 89.6 cm³/mol. The lowest BCUT2D eigenvalue weighted by molar-refractivity contribution is 0.392. The molecule has 2 heteroatoms. The highest BCUT2D eigenvalue weighted by atomic mass is 16.5. The SMILES string of the molecule is C=C(C)c1c(OC)cc(/C=C/c2ccccc2)cc1OC. The number of methoxy groups -OCH3 is 2. The number of ether oxygens (including phenoxy) is 2. The minimum atomic E-state index is 0.773. The predicted octanol–water partition coefficient (Wildman–Crippen LogP) is 4.91. The van der Waals surface area contributed by atoms with E-state index in [9.17, 15) is 0 Å². The Kier molecular flexibility index (Phi) is 4.83. The monoisotopic (exact) mass is 280 g/mol. The van der Waals surface area contributed by atoms with Gasteiger partial charge in [0, 0.05) is 0 Å². The average Bonchev–Trinajstić information content (AvgIpc) is 2.52. The molecule has 0 amide bonds. The van der Waals surface area contributed by atoms with E-state index in [4.69, 9.17) is 9.47 Å². The molecular formula is C19H20O2. The van der Waals surface area contributed by atoms with Crippen molar-refractivity contribution in [3.05, 3.63) is 65.7 Å². The van der Waals surface area contributed by atoms with Crippen molar-refractivity contribution in [2.24, 2.45) is 0 Å². The normalized spacial score (nSPS) is 10.6. The fourth-order valence-electron chi connectivity index (χ4n) is 2.21. The summed E-state index contributed by atoms with van der Waals surface area (Å²) < 4.78 is 10.9. The molecule has 0 spiro atoms. The zero-order valence-electron chi connectivity index (χ0n) is 12.7. The second-order valence-corrected chi connectivity index (χ2v) is 4.82. The topological polar surface area (TPSA) is 18.5 Å². The fraction of sp³-hybridized carbons (Fsp3) is 0.158. The maximum Gasteiger partial charge on any atom is 0.130 e. The molecule has 0 aliphatic heterocycles. The van der Waals surface area contributed by atoms with Crippen molar-refractivity contribution in [3.8, 4) is 11.5 Å². The largest absolute Gasteiger partial charge is 0.496 e. The highest BCUT2D eigenvalue weighted by Crippen LogP contribution is 2.35. The Bertz CT molecular complexity index is 630. The van der Waals surface area contributed by atoms with Crippen molar-refractivity contribution in [2.75, 3.05) is 14.2 Å². The van der Waals surface area contributed by atoms with Crippen LogP contribution >= 0.6 is 0 Å². The molecule has 0 bridgehead atoms. The first-order chi connectivity index (χ1) is 10.2. The van der Waals surface area contributed by atoms with Crippen LogP contribution in [-0.4, -0.2) is 14.2 Å². The molecule has 0 saturated carbocycles. The van der Waals surface area contributed by atoms with Crippen molar-refractivity contribution in [1.29, 1.82) is 0 Å². The maximum absolute atomic E-state index is 5.47. The van der Waals surface area contributed by atoms with Crippen LogP contribution in [0.1, 0.15) is 23.6 Å². The standard InChI is InChI=1S/C19H20O2/c1-14(2)19-17(20-3)12-16(13-18(19)21-4)11-10-15-8-6-5-7-9-15/h5-13H,1H2,2-4H3/b11-10+. The Balaban J connectivity index is 2.42. The summed E-state index contributed by atoms with van der Waals surface area (Å²) in [5, 5.41) is 0. The minimum absolute atomic E-state index is 0.773. The van der Waals surface area contributed by atoms with Crippen molar-refractivity contribution >= 4 is 17.7 Å². The third-order valence-electron chi connectivity index (χ3n) is 3.22. The van der Waals surface area contributed by atoms with Crippen molar-refractivity contribution in [1.82, 2.24) is 0 Å². The minimum Gasteiger partial charge on any atom is -0.496 e. The summed E-state index contributed by atoms with van der Waals surface area (Å²) in [5.41, 5.74) is 4.01. The van der Waals surface area contributed by atoms with Gasteiger partial charge in [0.2, 0.25) is 0 Å². The van der Waals surface area contributed by atoms with Gasteiger partial charge < -0.3 is 9.47 Å². The van der Waals surface area contributed by atoms with Crippen LogP contribution in [0.4, 0.5) is 0 Å². The van der Waals surface area contributed by atoms with Gasteiger partial charge in [0.05, 0.1) is 19.8 Å². The van der Waals surface area contributed by atoms with Crippen LogP contribution in [0.5, 0.6) is 11.5 Å². The van der Waals surface area contributed by atoms with Gasteiger partial charge in [0.1, 0.15) is 11.5 Å². The van der Waals surface area contributed by atoms with E-state index in [1.807, 2.05) is 43.3 Å². The molecule has 0 aromatic heterocycles. The smallest absolute Gasteiger partial charge is 0.130 e. The summed E-state index contributed by atoms with van der Waals surface area (Å²) in [6.45, 7) is 5.93. The highest BCUT2D eigenvalue weighted by molar-refractivity contribution is 5.78. The molecule has 0 aliphatic rings. The van der Waals surface area contributed by atoms with Crippen LogP contribution < -0.4 is 9.47 Å². The van der Waals surface area contributed by atoms with Gasteiger partial charge in [-0.1, -0.05) is 49.1 Å². The Morgan fingerprint density at radius 3 is 1.90 bits per heavy atom. The van der Waals surface area contributed by atoms with E-state index in [1.165, 1.54) is 0 Å². The van der Waals surface area contributed by atoms with Gasteiger partial charge in [-0.25, -0.2) is 0 Å². The average molecular weight is 280 g/mol. The first-order valence-electron chi connectivity index (χ1n) is 6.80. The molecule has 2 nitrogen and oxygen atoms in total. The van der Waals surface area contributed by atoms with E-state index in [-0.39, 0.29) is 0 Å². The van der Waals surface area contributed by atoms with E-state index in [0.29, 0.717) is 0 Å². The van der Waals surface area contributed by atoms with Crippen LogP contribution in [0.25, 0.3) is 17.7 Å². The lowest BCUT2D eigenvalue weighted by Gasteiger charge is -2.14. The first kappa shape index (κ1) is 14.9. The second kappa shape index (κ2) is 6.80.